The molecular weight excluding hydrogens is 286 g/mol. The van der Waals surface area contributed by atoms with Gasteiger partial charge in [0.2, 0.25) is 0 Å². The molecule has 0 spiro atoms. The second-order valence-corrected chi connectivity index (χ2v) is 7.98. The number of thiazole rings is 1. The van der Waals surface area contributed by atoms with Crippen LogP contribution in [0.3, 0.4) is 0 Å². The number of nitrogens with zero attached hydrogens (tertiary/aromatic N) is 1. The predicted molar refractivity (Wildman–Crippen MR) is 85.1 cm³/mol. The van der Waals surface area contributed by atoms with Crippen molar-refractivity contribution in [2.45, 2.75) is 46.6 Å². The Morgan fingerprint density at radius 3 is 2.52 bits per heavy atom. The fraction of sp³-hybridized carbons (Fsp3) is 0.500. The fourth-order valence-corrected chi connectivity index (χ4v) is 3.18. The molecule has 1 aromatic carbocycles. The third-order valence-electron chi connectivity index (χ3n) is 2.99. The number of hydrogen-bond donors (Lipinski definition) is 1. The van der Waals surface area contributed by atoms with Crippen LogP contribution < -0.4 is 4.74 Å². The first-order valence-corrected chi connectivity index (χ1v) is 7.71. The first-order chi connectivity index (χ1) is 9.58. The van der Waals surface area contributed by atoms with E-state index in [4.69, 9.17) is 4.74 Å². The van der Waals surface area contributed by atoms with Gasteiger partial charge >= 0.3 is 5.97 Å². The smallest absolute Gasteiger partial charge is 0.347 e. The lowest BCUT2D eigenvalue weighted by Gasteiger charge is -2.21. The highest BCUT2D eigenvalue weighted by Gasteiger charge is 2.30. The summed E-state index contributed by atoms with van der Waals surface area (Å²) in [6, 6.07) is 5.63. The number of carboxylic acids is 1. The second-order valence-electron chi connectivity index (χ2n) is 6.87. The van der Waals surface area contributed by atoms with E-state index in [0.29, 0.717) is 5.75 Å². The minimum Gasteiger partial charge on any atom is -0.478 e. The lowest BCUT2D eigenvalue weighted by atomic mass is 9.93. The summed E-state index contributed by atoms with van der Waals surface area (Å²) < 4.78 is 6.69. The van der Waals surface area contributed by atoms with Crippen LogP contribution in [0.4, 0.5) is 0 Å². The Bertz CT molecular complexity index is 668. The molecule has 114 valence electrons. The number of aromatic nitrogens is 1. The molecule has 4 nitrogen and oxygen atoms in total. The van der Waals surface area contributed by atoms with Crippen LogP contribution in [0.1, 0.15) is 39.6 Å². The molecule has 1 aromatic heterocycles. The van der Waals surface area contributed by atoms with Crippen LogP contribution in [0, 0.1) is 5.41 Å². The molecule has 0 amide bonds. The van der Waals surface area contributed by atoms with Crippen molar-refractivity contribution >= 4 is 27.5 Å². The third-order valence-corrected chi connectivity index (χ3v) is 4.01. The zero-order chi connectivity index (χ0) is 15.8. The molecule has 1 N–H and O–H groups in total. The monoisotopic (exact) mass is 307 g/mol. The molecule has 5 heteroatoms. The Morgan fingerprint density at radius 2 is 1.95 bits per heavy atom. The lowest BCUT2D eigenvalue weighted by Crippen LogP contribution is -2.37. The molecule has 0 saturated heterocycles. The van der Waals surface area contributed by atoms with Crippen molar-refractivity contribution in [2.75, 3.05) is 0 Å². The maximum absolute atomic E-state index is 11.2. The number of hydrogen-bond acceptors (Lipinski definition) is 4. The molecule has 0 radical (unpaired) electrons. The standard InChI is InChI=1S/C16H21NO3S/c1-15(2,3)9-12-17-13-10(7-6-8-11(13)21-12)20-16(4,5)14(18)19/h6-8H,9H2,1-5H3,(H,18,19). The van der Waals surface area contributed by atoms with Gasteiger partial charge in [-0.3, -0.25) is 0 Å². The molecule has 0 fully saturated rings. The SMILES string of the molecule is CC(C)(C)Cc1nc2c(OC(C)(C)C(=O)O)cccc2s1. The minimum absolute atomic E-state index is 0.162. The number of ether oxygens (including phenoxy) is 1. The Balaban J connectivity index is 2.39. The summed E-state index contributed by atoms with van der Waals surface area (Å²) in [4.78, 5) is 15.9. The maximum Gasteiger partial charge on any atom is 0.347 e. The molecule has 0 unspecified atom stereocenters. The van der Waals surface area contributed by atoms with Crippen molar-refractivity contribution < 1.29 is 14.6 Å². The van der Waals surface area contributed by atoms with Crippen molar-refractivity contribution in [3.63, 3.8) is 0 Å². The number of aliphatic carboxylic acids is 1. The molecule has 1 heterocycles. The Labute approximate surface area is 128 Å². The summed E-state index contributed by atoms with van der Waals surface area (Å²) in [6.45, 7) is 9.59. The molecule has 0 aliphatic rings. The maximum atomic E-state index is 11.2. The van der Waals surface area contributed by atoms with E-state index in [1.807, 2.05) is 12.1 Å². The molecule has 0 aliphatic carbocycles. The Hall–Kier alpha value is -1.62. The first-order valence-electron chi connectivity index (χ1n) is 6.89. The number of fused-ring (bicyclic) bond motifs is 1. The van der Waals surface area contributed by atoms with Gasteiger partial charge < -0.3 is 9.84 Å². The second kappa shape index (κ2) is 5.30. The zero-order valence-corrected chi connectivity index (χ0v) is 13.9. The van der Waals surface area contributed by atoms with Crippen LogP contribution in [0.5, 0.6) is 5.75 Å². The zero-order valence-electron chi connectivity index (χ0n) is 13.1. The lowest BCUT2D eigenvalue weighted by molar-refractivity contribution is -0.152. The molecule has 0 atom stereocenters. The van der Waals surface area contributed by atoms with Crippen LogP contribution in [0.15, 0.2) is 18.2 Å². The average Bonchev–Trinajstić information content (AvgIpc) is 2.69. The van der Waals surface area contributed by atoms with Gasteiger partial charge in [0.05, 0.1) is 9.71 Å². The minimum atomic E-state index is -1.28. The van der Waals surface area contributed by atoms with E-state index in [9.17, 15) is 9.90 Å². The van der Waals surface area contributed by atoms with Gasteiger partial charge in [0, 0.05) is 6.42 Å². The molecular formula is C16H21NO3S. The molecule has 0 aliphatic heterocycles. The fourth-order valence-electron chi connectivity index (χ4n) is 1.90. The van der Waals surface area contributed by atoms with Gasteiger partial charge in [-0.15, -0.1) is 11.3 Å². The van der Waals surface area contributed by atoms with Crippen molar-refractivity contribution in [2.24, 2.45) is 5.41 Å². The highest BCUT2D eigenvalue weighted by atomic mass is 32.1. The van der Waals surface area contributed by atoms with E-state index in [1.165, 1.54) is 13.8 Å². The highest BCUT2D eigenvalue weighted by Crippen LogP contribution is 2.34. The van der Waals surface area contributed by atoms with E-state index in [0.717, 1.165) is 21.6 Å². The molecule has 21 heavy (non-hydrogen) atoms. The van der Waals surface area contributed by atoms with Crippen LogP contribution in [0.25, 0.3) is 10.2 Å². The van der Waals surface area contributed by atoms with Crippen LogP contribution in [0.2, 0.25) is 0 Å². The van der Waals surface area contributed by atoms with E-state index in [2.05, 4.69) is 25.8 Å². The van der Waals surface area contributed by atoms with Crippen LogP contribution in [-0.4, -0.2) is 21.7 Å². The number of carboxylic acid groups (broad SMARTS) is 1. The van der Waals surface area contributed by atoms with Gasteiger partial charge in [0.25, 0.3) is 0 Å². The van der Waals surface area contributed by atoms with Crippen molar-refractivity contribution in [1.82, 2.24) is 4.98 Å². The largest absolute Gasteiger partial charge is 0.478 e. The average molecular weight is 307 g/mol. The van der Waals surface area contributed by atoms with E-state index in [-0.39, 0.29) is 5.41 Å². The van der Waals surface area contributed by atoms with Gasteiger partial charge in [0.15, 0.2) is 5.60 Å². The van der Waals surface area contributed by atoms with Crippen molar-refractivity contribution in [3.8, 4) is 5.75 Å². The third kappa shape index (κ3) is 3.73. The molecule has 2 rings (SSSR count). The number of benzene rings is 1. The predicted octanol–water partition coefficient (Wildman–Crippen LogP) is 4.13. The Morgan fingerprint density at radius 1 is 1.29 bits per heavy atom. The molecule has 0 saturated carbocycles. The van der Waals surface area contributed by atoms with E-state index >= 15 is 0 Å². The summed E-state index contributed by atoms with van der Waals surface area (Å²) in [5.74, 6) is -0.471. The van der Waals surface area contributed by atoms with Gasteiger partial charge in [-0.2, -0.15) is 0 Å². The summed E-state index contributed by atoms with van der Waals surface area (Å²) in [7, 11) is 0. The summed E-state index contributed by atoms with van der Waals surface area (Å²) in [5.41, 5.74) is -0.367. The molecule has 2 aromatic rings. The number of rotatable bonds is 4. The van der Waals surface area contributed by atoms with Gasteiger partial charge in [-0.25, -0.2) is 9.78 Å². The number of carbonyl (C=O) groups is 1. The Kier molecular flexibility index (Phi) is 3.97. The molecule has 0 bridgehead atoms. The summed E-state index contributed by atoms with van der Waals surface area (Å²) in [5, 5.41) is 10.2. The van der Waals surface area contributed by atoms with E-state index < -0.39 is 11.6 Å². The van der Waals surface area contributed by atoms with Crippen molar-refractivity contribution in [3.05, 3.63) is 23.2 Å². The van der Waals surface area contributed by atoms with Gasteiger partial charge in [-0.1, -0.05) is 26.8 Å². The van der Waals surface area contributed by atoms with Crippen molar-refractivity contribution in [1.29, 1.82) is 0 Å². The summed E-state index contributed by atoms with van der Waals surface area (Å²) in [6.07, 6.45) is 0.883. The van der Waals surface area contributed by atoms with Gasteiger partial charge in [-0.05, 0) is 31.4 Å². The number of para-hydroxylation sites is 1. The highest BCUT2D eigenvalue weighted by molar-refractivity contribution is 7.18. The first kappa shape index (κ1) is 15.8. The topological polar surface area (TPSA) is 59.4 Å². The normalized spacial score (nSPS) is 12.6. The summed E-state index contributed by atoms with van der Waals surface area (Å²) >= 11 is 1.63. The van der Waals surface area contributed by atoms with Crippen LogP contribution >= 0.6 is 11.3 Å². The van der Waals surface area contributed by atoms with Crippen LogP contribution in [-0.2, 0) is 11.2 Å². The quantitative estimate of drug-likeness (QED) is 0.922. The van der Waals surface area contributed by atoms with E-state index in [1.54, 1.807) is 17.4 Å². The van der Waals surface area contributed by atoms with Gasteiger partial charge in [0.1, 0.15) is 11.3 Å².